The van der Waals surface area contributed by atoms with Crippen molar-refractivity contribution in [1.82, 2.24) is 24.8 Å². The molecule has 3 N–H and O–H groups in total. The molecule has 10 nitrogen and oxygen atoms in total. The number of benzene rings is 2. The first-order valence-electron chi connectivity index (χ1n) is 8.55. The number of anilines is 2. The van der Waals surface area contributed by atoms with E-state index in [4.69, 9.17) is 11.6 Å². The molecule has 152 valence electrons. The Hall–Kier alpha value is -3.70. The summed E-state index contributed by atoms with van der Waals surface area (Å²) >= 11 is 7.22. The summed E-state index contributed by atoms with van der Waals surface area (Å²) in [6.07, 6.45) is 1.40. The Kier molecular flexibility index (Phi) is 5.21. The first kappa shape index (κ1) is 19.6. The molecule has 2 aromatic heterocycles. The van der Waals surface area contributed by atoms with Gasteiger partial charge >= 0.3 is 17.5 Å². The summed E-state index contributed by atoms with van der Waals surface area (Å²) in [6, 6.07) is 11.6. The molecule has 0 saturated carbocycles. The van der Waals surface area contributed by atoms with Gasteiger partial charge in [-0.25, -0.2) is 9.78 Å². The molecule has 0 aliphatic rings. The fraction of sp³-hybridized carbons (Fsp3) is 0.0556. The van der Waals surface area contributed by atoms with E-state index in [9.17, 15) is 14.4 Å². The lowest BCUT2D eigenvalue weighted by Gasteiger charge is -2.07. The first-order chi connectivity index (χ1) is 14.4. The van der Waals surface area contributed by atoms with Gasteiger partial charge in [0.2, 0.25) is 5.13 Å². The van der Waals surface area contributed by atoms with Crippen molar-refractivity contribution in [2.75, 3.05) is 10.7 Å². The summed E-state index contributed by atoms with van der Waals surface area (Å²) in [7, 11) is 1.59. The summed E-state index contributed by atoms with van der Waals surface area (Å²) < 4.78 is 3.40. The SMILES string of the molecule is Cn1cnn(-c2ccc(NC(=O)C(=O)NNc3nc4ccc(Cl)cc4s3)cc2)c1=O. The number of thiazole rings is 1. The maximum absolute atomic E-state index is 12.1. The van der Waals surface area contributed by atoms with Crippen LogP contribution in [0, 0.1) is 0 Å². The number of nitrogens with zero attached hydrogens (tertiary/aromatic N) is 4. The van der Waals surface area contributed by atoms with Crippen molar-refractivity contribution in [3.05, 3.63) is 64.3 Å². The van der Waals surface area contributed by atoms with Gasteiger partial charge in [-0.1, -0.05) is 22.9 Å². The number of fused-ring (bicyclic) bond motifs is 1. The van der Waals surface area contributed by atoms with E-state index < -0.39 is 11.8 Å². The predicted molar refractivity (Wildman–Crippen MR) is 114 cm³/mol. The summed E-state index contributed by atoms with van der Waals surface area (Å²) in [4.78, 5) is 40.3. The molecule has 0 aliphatic heterocycles. The van der Waals surface area contributed by atoms with Crippen LogP contribution < -0.4 is 21.9 Å². The van der Waals surface area contributed by atoms with E-state index in [1.807, 2.05) is 0 Å². The molecule has 2 heterocycles. The number of hydrazine groups is 1. The van der Waals surface area contributed by atoms with E-state index in [1.165, 1.54) is 26.9 Å². The minimum atomic E-state index is -0.891. The number of nitrogens with one attached hydrogen (secondary N) is 3. The zero-order valence-corrected chi connectivity index (χ0v) is 17.0. The monoisotopic (exact) mass is 443 g/mol. The standard InChI is InChI=1S/C18H14ClN7O3S/c1-25-9-20-26(18(25)29)12-5-3-11(4-6-12)21-15(27)16(28)23-24-17-22-13-7-2-10(19)8-14(13)30-17/h2-9H,1H3,(H,21,27)(H,22,24)(H,23,28). The molecule has 0 unspecified atom stereocenters. The molecule has 12 heteroatoms. The van der Waals surface area contributed by atoms with Crippen LogP contribution in [0.2, 0.25) is 5.02 Å². The smallest absolute Gasteiger partial charge is 0.318 e. The Morgan fingerprint density at radius 2 is 1.87 bits per heavy atom. The number of halogens is 1. The third-order valence-corrected chi connectivity index (χ3v) is 5.20. The predicted octanol–water partition coefficient (Wildman–Crippen LogP) is 1.92. The maximum atomic E-state index is 12.1. The highest BCUT2D eigenvalue weighted by atomic mass is 35.5. The Balaban J connectivity index is 1.36. The number of hydrogen-bond acceptors (Lipinski definition) is 7. The minimum Gasteiger partial charge on any atom is -0.318 e. The van der Waals surface area contributed by atoms with Gasteiger partial charge in [-0.3, -0.25) is 25.0 Å². The fourth-order valence-corrected chi connectivity index (χ4v) is 3.64. The Bertz CT molecular complexity index is 1310. The Morgan fingerprint density at radius 1 is 1.10 bits per heavy atom. The molecule has 2 aromatic carbocycles. The minimum absolute atomic E-state index is 0.297. The number of rotatable bonds is 4. The zero-order chi connectivity index (χ0) is 21.3. The molecular formula is C18H14ClN7O3S. The van der Waals surface area contributed by atoms with E-state index in [1.54, 1.807) is 49.5 Å². The van der Waals surface area contributed by atoms with Crippen molar-refractivity contribution < 1.29 is 9.59 Å². The number of aryl methyl sites for hydroxylation is 1. The third kappa shape index (κ3) is 4.02. The summed E-state index contributed by atoms with van der Waals surface area (Å²) in [5, 5.41) is 7.44. The van der Waals surface area contributed by atoms with Gasteiger partial charge in [-0.15, -0.1) is 0 Å². The van der Waals surface area contributed by atoms with Crippen molar-refractivity contribution in [3.8, 4) is 5.69 Å². The molecule has 0 saturated heterocycles. The van der Waals surface area contributed by atoms with Crippen LogP contribution in [0.3, 0.4) is 0 Å². The number of carbonyl (C=O) groups is 2. The van der Waals surface area contributed by atoms with Gasteiger partial charge in [0.1, 0.15) is 6.33 Å². The van der Waals surface area contributed by atoms with Gasteiger partial charge < -0.3 is 5.32 Å². The van der Waals surface area contributed by atoms with Crippen LogP contribution in [0.25, 0.3) is 15.9 Å². The molecule has 30 heavy (non-hydrogen) atoms. The van der Waals surface area contributed by atoms with Crippen LogP contribution in [0.4, 0.5) is 10.8 Å². The van der Waals surface area contributed by atoms with Gasteiger partial charge in [0, 0.05) is 17.8 Å². The van der Waals surface area contributed by atoms with Crippen LogP contribution in [0.15, 0.2) is 53.6 Å². The van der Waals surface area contributed by atoms with E-state index in [0.717, 1.165) is 10.2 Å². The quantitative estimate of drug-likeness (QED) is 0.327. The van der Waals surface area contributed by atoms with Gasteiger partial charge in [-0.2, -0.15) is 9.78 Å². The Labute approximate surface area is 178 Å². The third-order valence-electron chi connectivity index (χ3n) is 4.03. The summed E-state index contributed by atoms with van der Waals surface area (Å²) in [5.41, 5.74) is 6.25. The lowest BCUT2D eigenvalue weighted by atomic mass is 10.3. The average Bonchev–Trinajstić information content (AvgIpc) is 3.29. The molecule has 4 rings (SSSR count). The van der Waals surface area contributed by atoms with E-state index in [2.05, 4.69) is 26.3 Å². The van der Waals surface area contributed by atoms with Crippen LogP contribution in [-0.4, -0.2) is 31.1 Å². The summed E-state index contributed by atoms with van der Waals surface area (Å²) in [6.45, 7) is 0. The molecule has 0 atom stereocenters. The van der Waals surface area contributed by atoms with Gasteiger partial charge in [0.25, 0.3) is 0 Å². The second-order valence-corrected chi connectivity index (χ2v) is 7.61. The Morgan fingerprint density at radius 3 is 2.57 bits per heavy atom. The largest absolute Gasteiger partial charge is 0.350 e. The first-order valence-corrected chi connectivity index (χ1v) is 9.75. The average molecular weight is 444 g/mol. The molecule has 0 aliphatic carbocycles. The van der Waals surface area contributed by atoms with Crippen LogP contribution >= 0.6 is 22.9 Å². The molecular weight excluding hydrogens is 430 g/mol. The number of amides is 2. The molecule has 0 fully saturated rings. The molecule has 2 amide bonds. The second-order valence-electron chi connectivity index (χ2n) is 6.15. The summed E-state index contributed by atoms with van der Waals surface area (Å²) in [5.74, 6) is -1.76. The van der Waals surface area contributed by atoms with Crippen molar-refractivity contribution in [2.45, 2.75) is 0 Å². The maximum Gasteiger partial charge on any atom is 0.350 e. The van der Waals surface area contributed by atoms with E-state index in [0.29, 0.717) is 21.5 Å². The lowest BCUT2D eigenvalue weighted by molar-refractivity contribution is -0.135. The van der Waals surface area contributed by atoms with Crippen molar-refractivity contribution >= 4 is 55.8 Å². The van der Waals surface area contributed by atoms with Gasteiger partial charge in [0.05, 0.1) is 15.9 Å². The molecule has 0 bridgehead atoms. The van der Waals surface area contributed by atoms with Gasteiger partial charge in [-0.05, 0) is 42.5 Å². The topological polar surface area (TPSA) is 123 Å². The van der Waals surface area contributed by atoms with Crippen molar-refractivity contribution in [1.29, 1.82) is 0 Å². The highest BCUT2D eigenvalue weighted by Gasteiger charge is 2.15. The van der Waals surface area contributed by atoms with Crippen molar-refractivity contribution in [3.63, 3.8) is 0 Å². The molecule has 4 aromatic rings. The van der Waals surface area contributed by atoms with Crippen LogP contribution in [0.5, 0.6) is 0 Å². The number of carbonyl (C=O) groups excluding carboxylic acids is 2. The van der Waals surface area contributed by atoms with Crippen LogP contribution in [0.1, 0.15) is 0 Å². The number of hydrogen-bond donors (Lipinski definition) is 3. The van der Waals surface area contributed by atoms with E-state index >= 15 is 0 Å². The molecule has 0 spiro atoms. The number of aromatic nitrogens is 4. The van der Waals surface area contributed by atoms with Gasteiger partial charge in [0.15, 0.2) is 0 Å². The second kappa shape index (κ2) is 7.97. The normalized spacial score (nSPS) is 10.7. The van der Waals surface area contributed by atoms with Crippen LogP contribution in [-0.2, 0) is 16.6 Å². The fourth-order valence-electron chi connectivity index (χ4n) is 2.55. The zero-order valence-electron chi connectivity index (χ0n) is 15.4. The highest BCUT2D eigenvalue weighted by Crippen LogP contribution is 2.27. The van der Waals surface area contributed by atoms with Crippen molar-refractivity contribution in [2.24, 2.45) is 7.05 Å². The van der Waals surface area contributed by atoms with E-state index in [-0.39, 0.29) is 5.69 Å². The molecule has 0 radical (unpaired) electrons. The lowest BCUT2D eigenvalue weighted by Crippen LogP contribution is -2.38. The highest BCUT2D eigenvalue weighted by molar-refractivity contribution is 7.22.